The topological polar surface area (TPSA) is 0 Å². The first-order valence-corrected chi connectivity index (χ1v) is 6.88. The number of hydrogen-bond acceptors (Lipinski definition) is 0. The predicted molar refractivity (Wildman–Crippen MR) is 71.1 cm³/mol. The molecule has 0 saturated heterocycles. The summed E-state index contributed by atoms with van der Waals surface area (Å²) in [5, 5.41) is 0. The van der Waals surface area contributed by atoms with E-state index in [4.69, 9.17) is 0 Å². The zero-order chi connectivity index (χ0) is 11.5. The van der Waals surface area contributed by atoms with E-state index in [0.29, 0.717) is 5.92 Å². The molecule has 0 aromatic rings. The summed E-state index contributed by atoms with van der Waals surface area (Å²) in [6.07, 6.45) is 13.3. The van der Waals surface area contributed by atoms with Crippen molar-refractivity contribution in [3.8, 4) is 0 Å². The van der Waals surface area contributed by atoms with E-state index < -0.39 is 0 Å². The van der Waals surface area contributed by atoms with E-state index >= 15 is 0 Å². The molecule has 0 aliphatic carbocycles. The molecule has 0 aromatic heterocycles. The Labute approximate surface area is 97.2 Å². The van der Waals surface area contributed by atoms with E-state index in [1.54, 1.807) is 0 Å². The van der Waals surface area contributed by atoms with Crippen molar-refractivity contribution < 1.29 is 0 Å². The summed E-state index contributed by atoms with van der Waals surface area (Å²) in [7, 11) is 0. The Balaban J connectivity index is 3.42. The molecule has 0 aromatic carbocycles. The van der Waals surface area contributed by atoms with Crippen LogP contribution in [0.25, 0.3) is 0 Å². The molecule has 0 nitrogen and oxygen atoms in total. The van der Waals surface area contributed by atoms with Crippen molar-refractivity contribution in [2.24, 2.45) is 11.8 Å². The average molecular weight is 210 g/mol. The molecule has 0 bridgehead atoms. The van der Waals surface area contributed by atoms with Crippen LogP contribution < -0.4 is 0 Å². The Kier molecular flexibility index (Phi) is 10.1. The average Bonchev–Trinajstić information content (AvgIpc) is 2.27. The van der Waals surface area contributed by atoms with Gasteiger partial charge in [-0.2, -0.15) is 0 Å². The van der Waals surface area contributed by atoms with Gasteiger partial charge in [-0.3, -0.25) is 0 Å². The Bertz CT molecular complexity index is 137. The van der Waals surface area contributed by atoms with Gasteiger partial charge in [0.15, 0.2) is 0 Å². The molecule has 0 rings (SSSR count). The number of allylic oxidation sites excluding steroid dienone is 1. The molecule has 0 N–H and O–H groups in total. The quantitative estimate of drug-likeness (QED) is 0.326. The van der Waals surface area contributed by atoms with E-state index in [2.05, 4.69) is 33.4 Å². The number of unbranched alkanes of at least 4 members (excludes halogenated alkanes) is 5. The van der Waals surface area contributed by atoms with Crippen LogP contribution in [0.1, 0.15) is 72.1 Å². The summed E-state index contributed by atoms with van der Waals surface area (Å²) < 4.78 is 0. The van der Waals surface area contributed by atoms with Gasteiger partial charge in [0.1, 0.15) is 0 Å². The molecule has 15 heavy (non-hydrogen) atoms. The SMILES string of the molecule is C=CC(C)C(CC)CCCCCCCC. The molecule has 0 saturated carbocycles. The standard InChI is InChI=1S/C15H30/c1-5-8-9-10-11-12-13-15(7-3)14(4)6-2/h6,14-15H,2,5,7-13H2,1,3-4H3. The zero-order valence-electron chi connectivity index (χ0n) is 11.1. The van der Waals surface area contributed by atoms with Crippen LogP contribution >= 0.6 is 0 Å². The summed E-state index contributed by atoms with van der Waals surface area (Å²) in [5.41, 5.74) is 0. The number of rotatable bonds is 10. The molecule has 2 atom stereocenters. The lowest BCUT2D eigenvalue weighted by molar-refractivity contribution is 0.363. The highest BCUT2D eigenvalue weighted by molar-refractivity contribution is 4.80. The van der Waals surface area contributed by atoms with Gasteiger partial charge in [-0.15, -0.1) is 6.58 Å². The van der Waals surface area contributed by atoms with Crippen LogP contribution in [0.15, 0.2) is 12.7 Å². The fraction of sp³-hybridized carbons (Fsp3) is 0.867. The van der Waals surface area contributed by atoms with E-state index in [9.17, 15) is 0 Å². The van der Waals surface area contributed by atoms with Crippen LogP contribution in [0.2, 0.25) is 0 Å². The van der Waals surface area contributed by atoms with Crippen LogP contribution in [0.5, 0.6) is 0 Å². The van der Waals surface area contributed by atoms with Crippen molar-refractivity contribution in [2.75, 3.05) is 0 Å². The maximum absolute atomic E-state index is 3.90. The minimum atomic E-state index is 0.700. The molecule has 90 valence electrons. The summed E-state index contributed by atoms with van der Waals surface area (Å²) in [6, 6.07) is 0. The predicted octanol–water partition coefficient (Wildman–Crippen LogP) is 5.59. The molecule has 0 heteroatoms. The fourth-order valence-corrected chi connectivity index (χ4v) is 2.22. The van der Waals surface area contributed by atoms with Crippen LogP contribution in [0.4, 0.5) is 0 Å². The van der Waals surface area contributed by atoms with Gasteiger partial charge in [0.05, 0.1) is 0 Å². The molecule has 0 amide bonds. The lowest BCUT2D eigenvalue weighted by atomic mass is 9.87. The molecule has 0 aliphatic rings. The zero-order valence-corrected chi connectivity index (χ0v) is 11.1. The van der Waals surface area contributed by atoms with Gasteiger partial charge in [-0.1, -0.05) is 71.8 Å². The van der Waals surface area contributed by atoms with Crippen molar-refractivity contribution in [3.63, 3.8) is 0 Å². The van der Waals surface area contributed by atoms with Crippen molar-refractivity contribution >= 4 is 0 Å². The normalized spacial score (nSPS) is 14.9. The monoisotopic (exact) mass is 210 g/mol. The van der Waals surface area contributed by atoms with Gasteiger partial charge in [0, 0.05) is 0 Å². The van der Waals surface area contributed by atoms with E-state index in [1.807, 2.05) is 0 Å². The van der Waals surface area contributed by atoms with E-state index in [-0.39, 0.29) is 0 Å². The van der Waals surface area contributed by atoms with Crippen molar-refractivity contribution in [2.45, 2.75) is 72.1 Å². The molecule has 2 unspecified atom stereocenters. The second kappa shape index (κ2) is 10.3. The lowest BCUT2D eigenvalue weighted by Gasteiger charge is -2.19. The second-order valence-electron chi connectivity index (χ2n) is 4.82. The first-order chi connectivity index (χ1) is 7.26. The molecular weight excluding hydrogens is 180 g/mol. The van der Waals surface area contributed by atoms with Gasteiger partial charge in [0.2, 0.25) is 0 Å². The minimum absolute atomic E-state index is 0.700. The highest BCUT2D eigenvalue weighted by atomic mass is 14.2. The largest absolute Gasteiger partial charge is 0.103 e. The van der Waals surface area contributed by atoms with Crippen LogP contribution in [0.3, 0.4) is 0 Å². The highest BCUT2D eigenvalue weighted by Crippen LogP contribution is 2.23. The van der Waals surface area contributed by atoms with Crippen molar-refractivity contribution in [1.29, 1.82) is 0 Å². The Hall–Kier alpha value is -0.260. The molecule has 0 spiro atoms. The maximum atomic E-state index is 3.90. The number of hydrogen-bond donors (Lipinski definition) is 0. The van der Waals surface area contributed by atoms with Crippen LogP contribution in [-0.2, 0) is 0 Å². The first kappa shape index (κ1) is 14.7. The van der Waals surface area contributed by atoms with E-state index in [0.717, 1.165) is 5.92 Å². The van der Waals surface area contributed by atoms with Gasteiger partial charge in [-0.05, 0) is 18.3 Å². The third-order valence-corrected chi connectivity index (χ3v) is 3.57. The fourth-order valence-electron chi connectivity index (χ4n) is 2.22. The van der Waals surface area contributed by atoms with Crippen molar-refractivity contribution in [1.82, 2.24) is 0 Å². The third kappa shape index (κ3) is 7.64. The smallest absolute Gasteiger partial charge is 0.0236 e. The van der Waals surface area contributed by atoms with Crippen LogP contribution in [0, 0.1) is 11.8 Å². The van der Waals surface area contributed by atoms with Gasteiger partial charge in [-0.25, -0.2) is 0 Å². The lowest BCUT2D eigenvalue weighted by Crippen LogP contribution is -2.08. The van der Waals surface area contributed by atoms with E-state index in [1.165, 1.54) is 51.4 Å². The minimum Gasteiger partial charge on any atom is -0.103 e. The van der Waals surface area contributed by atoms with Gasteiger partial charge >= 0.3 is 0 Å². The highest BCUT2D eigenvalue weighted by Gasteiger charge is 2.11. The second-order valence-corrected chi connectivity index (χ2v) is 4.82. The molecular formula is C15H30. The summed E-state index contributed by atoms with van der Waals surface area (Å²) >= 11 is 0. The summed E-state index contributed by atoms with van der Waals surface area (Å²) in [5.74, 6) is 1.57. The summed E-state index contributed by atoms with van der Waals surface area (Å²) in [4.78, 5) is 0. The Morgan fingerprint density at radius 2 is 1.60 bits per heavy atom. The van der Waals surface area contributed by atoms with Crippen molar-refractivity contribution in [3.05, 3.63) is 12.7 Å². The van der Waals surface area contributed by atoms with Gasteiger partial charge < -0.3 is 0 Å². The summed E-state index contributed by atoms with van der Waals surface area (Å²) in [6.45, 7) is 10.8. The Morgan fingerprint density at radius 3 is 2.13 bits per heavy atom. The van der Waals surface area contributed by atoms with Gasteiger partial charge in [0.25, 0.3) is 0 Å². The third-order valence-electron chi connectivity index (χ3n) is 3.57. The van der Waals surface area contributed by atoms with Crippen LogP contribution in [-0.4, -0.2) is 0 Å². The molecule has 0 radical (unpaired) electrons. The maximum Gasteiger partial charge on any atom is -0.0236 e. The molecule has 0 heterocycles. The molecule has 0 aliphatic heterocycles. The molecule has 0 fully saturated rings. The first-order valence-electron chi connectivity index (χ1n) is 6.88. The Morgan fingerprint density at radius 1 is 1.00 bits per heavy atom.